The highest BCUT2D eigenvalue weighted by atomic mass is 16.1. The summed E-state index contributed by atoms with van der Waals surface area (Å²) in [4.78, 5) is 16.5. The third-order valence-corrected chi connectivity index (χ3v) is 4.49. The Hall–Kier alpha value is -1.58. The molecule has 0 bridgehead atoms. The number of carbonyl (C=O) groups is 1. The molecule has 1 heterocycles. The fourth-order valence-corrected chi connectivity index (χ4v) is 2.88. The smallest absolute Gasteiger partial charge is 0.254 e. The summed E-state index contributed by atoms with van der Waals surface area (Å²) in [6.07, 6.45) is 6.92. The number of hydrogen-bond acceptors (Lipinski definition) is 3. The molecule has 2 N–H and O–H groups in total. The van der Waals surface area contributed by atoms with E-state index in [1.54, 1.807) is 6.20 Å². The molecule has 0 atom stereocenters. The van der Waals surface area contributed by atoms with E-state index < -0.39 is 0 Å². The molecule has 102 valence electrons. The van der Waals surface area contributed by atoms with E-state index in [-0.39, 0.29) is 5.91 Å². The Morgan fingerprint density at radius 1 is 1.47 bits per heavy atom. The standard InChI is InChI=1S/C15H21N3O/c1-10-7-13(16-2)12(8-17-10)14(19)18-9-15(5-6-15)11-3-4-11/h7-8,11H,3-6,9H2,1-2H3,(H,16,17)(H,18,19). The van der Waals surface area contributed by atoms with Gasteiger partial charge in [0.05, 0.1) is 11.3 Å². The molecule has 2 fully saturated rings. The largest absolute Gasteiger partial charge is 0.387 e. The number of nitrogens with zero attached hydrogens (tertiary/aromatic N) is 1. The molecule has 0 spiro atoms. The van der Waals surface area contributed by atoms with Crippen LogP contribution in [0.5, 0.6) is 0 Å². The van der Waals surface area contributed by atoms with E-state index in [0.717, 1.165) is 23.8 Å². The Labute approximate surface area is 114 Å². The monoisotopic (exact) mass is 259 g/mol. The summed E-state index contributed by atoms with van der Waals surface area (Å²) in [7, 11) is 1.83. The molecule has 4 heteroatoms. The van der Waals surface area contributed by atoms with Crippen molar-refractivity contribution in [3.63, 3.8) is 0 Å². The number of rotatable bonds is 5. The van der Waals surface area contributed by atoms with Gasteiger partial charge in [-0.2, -0.15) is 0 Å². The summed E-state index contributed by atoms with van der Waals surface area (Å²) in [5, 5.41) is 6.16. The van der Waals surface area contributed by atoms with Crippen LogP contribution in [-0.4, -0.2) is 24.5 Å². The van der Waals surface area contributed by atoms with Crippen molar-refractivity contribution >= 4 is 11.6 Å². The number of carbonyl (C=O) groups excluding carboxylic acids is 1. The summed E-state index contributed by atoms with van der Waals surface area (Å²) < 4.78 is 0. The number of nitrogens with one attached hydrogen (secondary N) is 2. The van der Waals surface area contributed by atoms with Crippen molar-refractivity contribution in [1.82, 2.24) is 10.3 Å². The molecule has 3 rings (SSSR count). The van der Waals surface area contributed by atoms with E-state index in [1.807, 2.05) is 20.0 Å². The third-order valence-electron chi connectivity index (χ3n) is 4.49. The minimum atomic E-state index is -0.0104. The Bertz CT molecular complexity index is 504. The van der Waals surface area contributed by atoms with Crippen LogP contribution < -0.4 is 10.6 Å². The molecule has 0 aliphatic heterocycles. The van der Waals surface area contributed by atoms with Crippen molar-refractivity contribution in [2.24, 2.45) is 11.3 Å². The van der Waals surface area contributed by atoms with Crippen LogP contribution >= 0.6 is 0 Å². The topological polar surface area (TPSA) is 54.0 Å². The number of aryl methyl sites for hydroxylation is 1. The fourth-order valence-electron chi connectivity index (χ4n) is 2.88. The van der Waals surface area contributed by atoms with Crippen LogP contribution in [0.4, 0.5) is 5.69 Å². The predicted molar refractivity (Wildman–Crippen MR) is 75.2 cm³/mol. The molecule has 4 nitrogen and oxygen atoms in total. The number of pyridine rings is 1. The Kier molecular flexibility index (Phi) is 2.96. The van der Waals surface area contributed by atoms with Gasteiger partial charge in [-0.05, 0) is 50.0 Å². The van der Waals surface area contributed by atoms with E-state index in [9.17, 15) is 4.79 Å². The molecule has 0 aromatic carbocycles. The Morgan fingerprint density at radius 2 is 2.21 bits per heavy atom. The molecule has 2 saturated carbocycles. The molecule has 2 aliphatic carbocycles. The lowest BCUT2D eigenvalue weighted by atomic mass is 10.0. The molecule has 1 amide bonds. The predicted octanol–water partition coefficient (Wildman–Crippen LogP) is 2.35. The molecule has 0 saturated heterocycles. The molecule has 1 aromatic heterocycles. The molecule has 1 aromatic rings. The van der Waals surface area contributed by atoms with Crippen LogP contribution in [0, 0.1) is 18.3 Å². The van der Waals surface area contributed by atoms with E-state index >= 15 is 0 Å². The SMILES string of the molecule is CNc1cc(C)ncc1C(=O)NCC1(C2CC2)CC1. The second-order valence-corrected chi connectivity index (χ2v) is 5.94. The average molecular weight is 259 g/mol. The summed E-state index contributed by atoms with van der Waals surface area (Å²) in [5.41, 5.74) is 2.84. The second kappa shape index (κ2) is 4.51. The molecular weight excluding hydrogens is 238 g/mol. The lowest BCUT2D eigenvalue weighted by Crippen LogP contribution is -2.31. The van der Waals surface area contributed by atoms with Crippen molar-refractivity contribution in [2.75, 3.05) is 18.9 Å². The van der Waals surface area contributed by atoms with E-state index in [0.29, 0.717) is 11.0 Å². The minimum Gasteiger partial charge on any atom is -0.387 e. The average Bonchev–Trinajstić information content (AvgIpc) is 3.28. The van der Waals surface area contributed by atoms with Crippen LogP contribution in [0.15, 0.2) is 12.3 Å². The Morgan fingerprint density at radius 3 is 2.79 bits per heavy atom. The highest BCUT2D eigenvalue weighted by Gasteiger charge is 2.53. The van der Waals surface area contributed by atoms with Gasteiger partial charge in [-0.25, -0.2) is 0 Å². The molecular formula is C15H21N3O. The first-order chi connectivity index (χ1) is 9.14. The van der Waals surface area contributed by atoms with Crippen LogP contribution in [0.3, 0.4) is 0 Å². The maximum atomic E-state index is 12.3. The van der Waals surface area contributed by atoms with Crippen LogP contribution in [0.25, 0.3) is 0 Å². The highest BCUT2D eigenvalue weighted by molar-refractivity contribution is 5.99. The van der Waals surface area contributed by atoms with Gasteiger partial charge in [-0.3, -0.25) is 9.78 Å². The number of hydrogen-bond donors (Lipinski definition) is 2. The van der Waals surface area contributed by atoms with Crippen LogP contribution in [0.2, 0.25) is 0 Å². The molecule has 19 heavy (non-hydrogen) atoms. The fraction of sp³-hybridized carbons (Fsp3) is 0.600. The van der Waals surface area contributed by atoms with Crippen molar-refractivity contribution in [1.29, 1.82) is 0 Å². The first-order valence-electron chi connectivity index (χ1n) is 7.07. The van der Waals surface area contributed by atoms with Crippen molar-refractivity contribution in [3.8, 4) is 0 Å². The third kappa shape index (κ3) is 2.44. The Balaban J connectivity index is 1.66. The quantitative estimate of drug-likeness (QED) is 0.853. The zero-order valence-corrected chi connectivity index (χ0v) is 11.6. The van der Waals surface area contributed by atoms with Gasteiger partial charge in [0.2, 0.25) is 0 Å². The lowest BCUT2D eigenvalue weighted by molar-refractivity contribution is 0.0943. The van der Waals surface area contributed by atoms with Crippen LogP contribution in [0.1, 0.15) is 41.7 Å². The van der Waals surface area contributed by atoms with E-state index in [4.69, 9.17) is 0 Å². The second-order valence-electron chi connectivity index (χ2n) is 5.94. The maximum Gasteiger partial charge on any atom is 0.254 e. The number of anilines is 1. The van der Waals surface area contributed by atoms with E-state index in [1.165, 1.54) is 25.7 Å². The van der Waals surface area contributed by atoms with Crippen molar-refractivity contribution in [2.45, 2.75) is 32.6 Å². The molecule has 2 aliphatic rings. The van der Waals surface area contributed by atoms with Gasteiger partial charge in [0.15, 0.2) is 0 Å². The maximum absolute atomic E-state index is 12.3. The van der Waals surface area contributed by atoms with Gasteiger partial charge < -0.3 is 10.6 Å². The highest BCUT2D eigenvalue weighted by Crippen LogP contribution is 2.60. The lowest BCUT2D eigenvalue weighted by Gasteiger charge is -2.16. The summed E-state index contributed by atoms with van der Waals surface area (Å²) in [6, 6.07) is 1.91. The van der Waals surface area contributed by atoms with Gasteiger partial charge >= 0.3 is 0 Å². The van der Waals surface area contributed by atoms with Gasteiger partial charge in [0, 0.05) is 25.5 Å². The van der Waals surface area contributed by atoms with Gasteiger partial charge in [0.25, 0.3) is 5.91 Å². The van der Waals surface area contributed by atoms with Crippen molar-refractivity contribution < 1.29 is 4.79 Å². The van der Waals surface area contributed by atoms with E-state index in [2.05, 4.69) is 15.6 Å². The first kappa shape index (κ1) is 12.5. The zero-order valence-electron chi connectivity index (χ0n) is 11.6. The number of amides is 1. The van der Waals surface area contributed by atoms with Gasteiger partial charge in [-0.15, -0.1) is 0 Å². The molecule has 0 radical (unpaired) electrons. The first-order valence-corrected chi connectivity index (χ1v) is 7.07. The summed E-state index contributed by atoms with van der Waals surface area (Å²) >= 11 is 0. The molecule has 0 unspecified atom stereocenters. The summed E-state index contributed by atoms with van der Waals surface area (Å²) in [6.45, 7) is 2.75. The number of aromatic nitrogens is 1. The zero-order chi connectivity index (χ0) is 13.5. The van der Waals surface area contributed by atoms with Gasteiger partial charge in [0.1, 0.15) is 0 Å². The van der Waals surface area contributed by atoms with Crippen LogP contribution in [-0.2, 0) is 0 Å². The summed E-state index contributed by atoms with van der Waals surface area (Å²) in [5.74, 6) is 0.858. The minimum absolute atomic E-state index is 0.0104. The normalized spacial score (nSPS) is 19.9. The van der Waals surface area contributed by atoms with Gasteiger partial charge in [-0.1, -0.05) is 0 Å². The van der Waals surface area contributed by atoms with Crippen molar-refractivity contribution in [3.05, 3.63) is 23.5 Å².